The number of benzene rings is 1. The summed E-state index contributed by atoms with van der Waals surface area (Å²) >= 11 is 0. The van der Waals surface area contributed by atoms with E-state index >= 15 is 0 Å². The van der Waals surface area contributed by atoms with Gasteiger partial charge in [0, 0.05) is 20.1 Å². The van der Waals surface area contributed by atoms with Gasteiger partial charge in [-0.1, -0.05) is 30.3 Å². The number of hydrogen-bond donors (Lipinski definition) is 1. The van der Waals surface area contributed by atoms with Gasteiger partial charge in [0.25, 0.3) is 0 Å². The smallest absolute Gasteiger partial charge is 0.218 e. The van der Waals surface area contributed by atoms with Crippen LogP contribution < -0.4 is 5.32 Å². The largest absolute Gasteiger partial charge is 0.316 e. The molecule has 0 aliphatic rings. The summed E-state index contributed by atoms with van der Waals surface area (Å²) in [5.41, 5.74) is 1.93. The van der Waals surface area contributed by atoms with E-state index in [-0.39, 0.29) is 5.75 Å². The molecule has 0 heterocycles. The lowest BCUT2D eigenvalue weighted by molar-refractivity contribution is 0.498. The molecule has 4 nitrogen and oxygen atoms in total. The van der Waals surface area contributed by atoms with E-state index in [9.17, 15) is 8.42 Å². The van der Waals surface area contributed by atoms with Crippen molar-refractivity contribution in [2.45, 2.75) is 12.3 Å². The van der Waals surface area contributed by atoms with Crippen LogP contribution in [-0.4, -0.2) is 33.4 Å². The van der Waals surface area contributed by atoms with Crippen molar-refractivity contribution in [3.05, 3.63) is 48.0 Å². The Morgan fingerprint density at radius 1 is 1.28 bits per heavy atom. The Kier molecular flexibility index (Phi) is 5.53. The summed E-state index contributed by atoms with van der Waals surface area (Å²) < 4.78 is 25.2. The third-order valence-corrected chi connectivity index (χ3v) is 4.41. The van der Waals surface area contributed by atoms with Gasteiger partial charge in [-0.25, -0.2) is 12.7 Å². The van der Waals surface area contributed by atoms with Crippen LogP contribution in [0, 0.1) is 0 Å². The van der Waals surface area contributed by atoms with Crippen molar-refractivity contribution in [3.63, 3.8) is 0 Å². The molecule has 0 amide bonds. The molecule has 5 heteroatoms. The fourth-order valence-corrected chi connectivity index (χ4v) is 2.74. The van der Waals surface area contributed by atoms with Crippen LogP contribution in [0.2, 0.25) is 0 Å². The first-order valence-corrected chi connectivity index (χ1v) is 7.38. The summed E-state index contributed by atoms with van der Waals surface area (Å²) in [5, 5.41) is 3.05. The minimum atomic E-state index is -3.25. The molecule has 100 valence electrons. The molecule has 0 saturated carbocycles. The van der Waals surface area contributed by atoms with Crippen molar-refractivity contribution in [3.8, 4) is 0 Å². The van der Waals surface area contributed by atoms with Crippen LogP contribution in [0.25, 0.3) is 0 Å². The molecule has 18 heavy (non-hydrogen) atoms. The molecule has 0 radical (unpaired) electrons. The second-order valence-corrected chi connectivity index (χ2v) is 6.25. The Labute approximate surface area is 109 Å². The fourth-order valence-electron chi connectivity index (χ4n) is 1.57. The molecule has 0 atom stereocenters. The van der Waals surface area contributed by atoms with Gasteiger partial charge in [0.2, 0.25) is 10.0 Å². The third-order valence-electron chi connectivity index (χ3n) is 2.61. The predicted molar refractivity (Wildman–Crippen MR) is 74.7 cm³/mol. The number of hydrogen-bond acceptors (Lipinski definition) is 3. The van der Waals surface area contributed by atoms with Gasteiger partial charge in [0.1, 0.15) is 0 Å². The van der Waals surface area contributed by atoms with Crippen LogP contribution in [0.1, 0.15) is 11.1 Å². The number of nitrogens with zero attached hydrogens (tertiary/aromatic N) is 1. The van der Waals surface area contributed by atoms with Crippen molar-refractivity contribution in [2.24, 2.45) is 0 Å². The highest BCUT2D eigenvalue weighted by molar-refractivity contribution is 7.88. The molecule has 1 N–H and O–H groups in total. The van der Waals surface area contributed by atoms with Gasteiger partial charge >= 0.3 is 0 Å². The van der Waals surface area contributed by atoms with Gasteiger partial charge in [-0.15, -0.1) is 6.58 Å². The third kappa shape index (κ3) is 4.25. The van der Waals surface area contributed by atoms with Gasteiger partial charge in [-0.05, 0) is 18.2 Å². The standard InChI is InChI=1S/C13H20N2O2S/c1-4-9-15(3)18(16,17)11-13-7-5-12(6-8-13)10-14-2/h4-8,14H,1,9-11H2,2-3H3. The Morgan fingerprint density at radius 3 is 2.33 bits per heavy atom. The van der Waals surface area contributed by atoms with Gasteiger partial charge < -0.3 is 5.32 Å². The maximum atomic E-state index is 12.0. The summed E-state index contributed by atoms with van der Waals surface area (Å²) in [7, 11) is 0.185. The van der Waals surface area contributed by atoms with E-state index in [0.29, 0.717) is 6.54 Å². The monoisotopic (exact) mass is 268 g/mol. The summed E-state index contributed by atoms with van der Waals surface area (Å²) in [4.78, 5) is 0. The molecule has 0 fully saturated rings. The van der Waals surface area contributed by atoms with Crippen LogP contribution in [0.3, 0.4) is 0 Å². The Bertz CT molecular complexity index is 480. The maximum absolute atomic E-state index is 12.0. The van der Waals surface area contributed by atoms with E-state index in [1.165, 1.54) is 4.31 Å². The number of rotatable bonds is 7. The molecule has 1 rings (SSSR count). The van der Waals surface area contributed by atoms with Crippen LogP contribution >= 0.6 is 0 Å². The van der Waals surface area contributed by atoms with Crippen molar-refractivity contribution in [2.75, 3.05) is 20.6 Å². The molecule has 0 bridgehead atoms. The van der Waals surface area contributed by atoms with E-state index in [0.717, 1.165) is 17.7 Å². The zero-order valence-electron chi connectivity index (χ0n) is 10.9. The highest BCUT2D eigenvalue weighted by Gasteiger charge is 2.16. The quantitative estimate of drug-likeness (QED) is 0.760. The van der Waals surface area contributed by atoms with Crippen molar-refractivity contribution in [1.82, 2.24) is 9.62 Å². The van der Waals surface area contributed by atoms with Gasteiger partial charge in [0.05, 0.1) is 5.75 Å². The van der Waals surface area contributed by atoms with E-state index in [2.05, 4.69) is 11.9 Å². The SMILES string of the molecule is C=CCN(C)S(=O)(=O)Cc1ccc(CNC)cc1. The number of sulfonamides is 1. The van der Waals surface area contributed by atoms with E-state index in [1.54, 1.807) is 13.1 Å². The second kappa shape index (κ2) is 6.68. The summed E-state index contributed by atoms with van der Waals surface area (Å²) in [6.45, 7) is 4.65. The van der Waals surface area contributed by atoms with Crippen LogP contribution in [0.4, 0.5) is 0 Å². The Balaban J connectivity index is 2.75. The van der Waals surface area contributed by atoms with E-state index in [4.69, 9.17) is 0 Å². The molecule has 0 saturated heterocycles. The molecule has 0 unspecified atom stereocenters. The molecule has 0 aliphatic heterocycles. The highest BCUT2D eigenvalue weighted by atomic mass is 32.2. The first-order chi connectivity index (χ1) is 8.49. The number of nitrogens with one attached hydrogen (secondary N) is 1. The minimum Gasteiger partial charge on any atom is -0.316 e. The molecule has 0 spiro atoms. The summed E-state index contributed by atoms with van der Waals surface area (Å²) in [6.07, 6.45) is 1.58. The molecule has 1 aromatic rings. The zero-order chi connectivity index (χ0) is 13.6. The average molecular weight is 268 g/mol. The van der Waals surface area contributed by atoms with Gasteiger partial charge in [-0.3, -0.25) is 0 Å². The maximum Gasteiger partial charge on any atom is 0.218 e. The molecular formula is C13H20N2O2S. The average Bonchev–Trinajstić information content (AvgIpc) is 2.32. The molecule has 0 aliphatic carbocycles. The van der Waals surface area contributed by atoms with E-state index in [1.807, 2.05) is 31.3 Å². The first-order valence-electron chi connectivity index (χ1n) is 5.77. The lowest BCUT2D eigenvalue weighted by Crippen LogP contribution is -2.28. The Hall–Kier alpha value is -1.17. The van der Waals surface area contributed by atoms with Crippen molar-refractivity contribution < 1.29 is 8.42 Å². The van der Waals surface area contributed by atoms with Gasteiger partial charge in [-0.2, -0.15) is 0 Å². The minimum absolute atomic E-state index is 0.0250. The van der Waals surface area contributed by atoms with Crippen LogP contribution in [-0.2, 0) is 22.3 Å². The molecule has 0 aromatic heterocycles. The van der Waals surface area contributed by atoms with Crippen molar-refractivity contribution in [1.29, 1.82) is 0 Å². The number of likely N-dealkylation sites (N-methyl/N-ethyl adjacent to an activating group) is 1. The Morgan fingerprint density at radius 2 is 1.83 bits per heavy atom. The molecule has 1 aromatic carbocycles. The normalized spacial score (nSPS) is 11.7. The lowest BCUT2D eigenvalue weighted by atomic mass is 10.1. The zero-order valence-corrected chi connectivity index (χ0v) is 11.7. The van der Waals surface area contributed by atoms with E-state index < -0.39 is 10.0 Å². The predicted octanol–water partition coefficient (Wildman–Crippen LogP) is 1.35. The van der Waals surface area contributed by atoms with Crippen LogP contribution in [0.15, 0.2) is 36.9 Å². The van der Waals surface area contributed by atoms with Gasteiger partial charge in [0.15, 0.2) is 0 Å². The fraction of sp³-hybridized carbons (Fsp3) is 0.385. The summed E-state index contributed by atoms with van der Waals surface area (Å²) in [5.74, 6) is 0.0250. The first kappa shape index (κ1) is 14.9. The summed E-state index contributed by atoms with van der Waals surface area (Å²) in [6, 6.07) is 7.58. The van der Waals surface area contributed by atoms with Crippen molar-refractivity contribution >= 4 is 10.0 Å². The molecular weight excluding hydrogens is 248 g/mol. The topological polar surface area (TPSA) is 49.4 Å². The highest BCUT2D eigenvalue weighted by Crippen LogP contribution is 2.11. The van der Waals surface area contributed by atoms with Crippen LogP contribution in [0.5, 0.6) is 0 Å². The second-order valence-electron chi connectivity index (χ2n) is 4.17. The lowest BCUT2D eigenvalue weighted by Gasteiger charge is -2.15.